The highest BCUT2D eigenvalue weighted by atomic mass is 32.2. The fourth-order valence-electron chi connectivity index (χ4n) is 2.36. The second-order valence-corrected chi connectivity index (χ2v) is 5.92. The molecule has 1 aliphatic carbocycles. The predicted octanol–water partition coefficient (Wildman–Crippen LogP) is 2.18. The van der Waals surface area contributed by atoms with Crippen LogP contribution in [0.15, 0.2) is 12.5 Å². The maximum Gasteiger partial charge on any atom is 0.0945 e. The van der Waals surface area contributed by atoms with Gasteiger partial charge in [0, 0.05) is 31.1 Å². The van der Waals surface area contributed by atoms with Gasteiger partial charge in [0.05, 0.1) is 12.0 Å². The SMILES string of the molecule is CCSC1CCCC1NCc1cncn1C. The van der Waals surface area contributed by atoms with Gasteiger partial charge in [-0.15, -0.1) is 0 Å². The summed E-state index contributed by atoms with van der Waals surface area (Å²) < 4.78 is 2.09. The fraction of sp³-hybridized carbons (Fsp3) is 0.750. The molecule has 0 aliphatic heterocycles. The third-order valence-electron chi connectivity index (χ3n) is 3.30. The zero-order chi connectivity index (χ0) is 11.4. The van der Waals surface area contributed by atoms with Crippen molar-refractivity contribution in [2.45, 2.75) is 44.0 Å². The van der Waals surface area contributed by atoms with E-state index in [4.69, 9.17) is 0 Å². The molecule has 16 heavy (non-hydrogen) atoms. The van der Waals surface area contributed by atoms with Gasteiger partial charge in [0.15, 0.2) is 0 Å². The van der Waals surface area contributed by atoms with Crippen molar-refractivity contribution in [2.24, 2.45) is 7.05 Å². The molecule has 1 aromatic rings. The van der Waals surface area contributed by atoms with Crippen molar-refractivity contribution in [1.29, 1.82) is 0 Å². The molecule has 0 radical (unpaired) electrons. The molecule has 0 bridgehead atoms. The van der Waals surface area contributed by atoms with Crippen LogP contribution in [0.2, 0.25) is 0 Å². The maximum absolute atomic E-state index is 4.14. The standard InChI is InChI=1S/C12H21N3S/c1-3-16-12-6-4-5-11(12)14-8-10-7-13-9-15(10)2/h7,9,11-12,14H,3-6,8H2,1-2H3. The number of aryl methyl sites for hydroxylation is 1. The number of hydrogen-bond acceptors (Lipinski definition) is 3. The summed E-state index contributed by atoms with van der Waals surface area (Å²) in [7, 11) is 2.05. The first-order valence-corrected chi connectivity index (χ1v) is 7.16. The van der Waals surface area contributed by atoms with E-state index in [9.17, 15) is 0 Å². The van der Waals surface area contributed by atoms with Crippen LogP contribution in [0.1, 0.15) is 31.9 Å². The van der Waals surface area contributed by atoms with Gasteiger partial charge >= 0.3 is 0 Å². The van der Waals surface area contributed by atoms with Crippen LogP contribution in [-0.2, 0) is 13.6 Å². The molecule has 0 aromatic carbocycles. The smallest absolute Gasteiger partial charge is 0.0945 e. The van der Waals surface area contributed by atoms with E-state index in [1.165, 1.54) is 30.7 Å². The third-order valence-corrected chi connectivity index (χ3v) is 4.62. The Balaban J connectivity index is 1.83. The molecule has 0 amide bonds. The van der Waals surface area contributed by atoms with E-state index >= 15 is 0 Å². The van der Waals surface area contributed by atoms with Gasteiger partial charge in [-0.2, -0.15) is 11.8 Å². The van der Waals surface area contributed by atoms with Crippen molar-refractivity contribution in [3.05, 3.63) is 18.2 Å². The summed E-state index contributed by atoms with van der Waals surface area (Å²) in [6.07, 6.45) is 7.89. The Morgan fingerprint density at radius 2 is 2.44 bits per heavy atom. The Morgan fingerprint density at radius 3 is 3.12 bits per heavy atom. The highest BCUT2D eigenvalue weighted by molar-refractivity contribution is 7.99. The summed E-state index contributed by atoms with van der Waals surface area (Å²) in [5, 5.41) is 4.50. The molecular formula is C12H21N3S. The van der Waals surface area contributed by atoms with Gasteiger partial charge in [-0.1, -0.05) is 13.3 Å². The molecule has 2 atom stereocenters. The van der Waals surface area contributed by atoms with Gasteiger partial charge in [-0.05, 0) is 18.6 Å². The summed E-state index contributed by atoms with van der Waals surface area (Å²) in [5.74, 6) is 1.23. The molecule has 0 spiro atoms. The monoisotopic (exact) mass is 239 g/mol. The molecule has 1 heterocycles. The van der Waals surface area contributed by atoms with E-state index in [0.717, 1.165) is 11.8 Å². The molecule has 2 rings (SSSR count). The normalized spacial score (nSPS) is 25.1. The minimum atomic E-state index is 0.694. The number of imidazole rings is 1. The Labute approximate surface area is 102 Å². The summed E-state index contributed by atoms with van der Waals surface area (Å²) in [6, 6.07) is 0.694. The molecule has 0 saturated heterocycles. The van der Waals surface area contributed by atoms with Gasteiger partial charge < -0.3 is 9.88 Å². The number of rotatable bonds is 5. The van der Waals surface area contributed by atoms with Gasteiger partial charge in [0.1, 0.15) is 0 Å². The summed E-state index contributed by atoms with van der Waals surface area (Å²) in [5.41, 5.74) is 1.27. The Morgan fingerprint density at radius 1 is 1.56 bits per heavy atom. The molecule has 1 aromatic heterocycles. The van der Waals surface area contributed by atoms with Gasteiger partial charge in [0.25, 0.3) is 0 Å². The van der Waals surface area contributed by atoms with Gasteiger partial charge in [-0.3, -0.25) is 0 Å². The minimum Gasteiger partial charge on any atom is -0.337 e. The van der Waals surface area contributed by atoms with Crippen molar-refractivity contribution in [2.75, 3.05) is 5.75 Å². The predicted molar refractivity (Wildman–Crippen MR) is 69.6 cm³/mol. The van der Waals surface area contributed by atoms with E-state index < -0.39 is 0 Å². The van der Waals surface area contributed by atoms with Crippen LogP contribution in [-0.4, -0.2) is 26.6 Å². The van der Waals surface area contributed by atoms with Crippen molar-refractivity contribution in [3.8, 4) is 0 Å². The lowest BCUT2D eigenvalue weighted by atomic mass is 10.2. The molecule has 1 saturated carbocycles. The number of nitrogens with one attached hydrogen (secondary N) is 1. The zero-order valence-corrected chi connectivity index (χ0v) is 11.0. The van der Waals surface area contributed by atoms with Crippen LogP contribution >= 0.6 is 11.8 Å². The number of nitrogens with zero attached hydrogens (tertiary/aromatic N) is 2. The summed E-state index contributed by atoms with van der Waals surface area (Å²) >= 11 is 2.10. The van der Waals surface area contributed by atoms with Crippen LogP contribution in [0.3, 0.4) is 0 Å². The second-order valence-electron chi connectivity index (χ2n) is 4.41. The molecule has 3 nitrogen and oxygen atoms in total. The zero-order valence-electron chi connectivity index (χ0n) is 10.1. The molecular weight excluding hydrogens is 218 g/mol. The first-order valence-electron chi connectivity index (χ1n) is 6.11. The number of thioether (sulfide) groups is 1. The quantitative estimate of drug-likeness (QED) is 0.854. The first kappa shape index (κ1) is 12.0. The number of hydrogen-bond donors (Lipinski definition) is 1. The summed E-state index contributed by atoms with van der Waals surface area (Å²) in [6.45, 7) is 3.20. The van der Waals surface area contributed by atoms with E-state index in [0.29, 0.717) is 6.04 Å². The van der Waals surface area contributed by atoms with Crippen molar-refractivity contribution < 1.29 is 0 Å². The average Bonchev–Trinajstić information content (AvgIpc) is 2.86. The molecule has 1 aliphatic rings. The second kappa shape index (κ2) is 5.73. The third kappa shape index (κ3) is 2.80. The van der Waals surface area contributed by atoms with E-state index in [-0.39, 0.29) is 0 Å². The van der Waals surface area contributed by atoms with Crippen LogP contribution in [0.25, 0.3) is 0 Å². The van der Waals surface area contributed by atoms with Crippen LogP contribution in [0.4, 0.5) is 0 Å². The van der Waals surface area contributed by atoms with E-state index in [2.05, 4.69) is 40.6 Å². The lowest BCUT2D eigenvalue weighted by Gasteiger charge is -2.20. The maximum atomic E-state index is 4.14. The van der Waals surface area contributed by atoms with Crippen LogP contribution in [0, 0.1) is 0 Å². The summed E-state index contributed by atoms with van der Waals surface area (Å²) in [4.78, 5) is 4.14. The highest BCUT2D eigenvalue weighted by Crippen LogP contribution is 2.29. The first-order chi connectivity index (χ1) is 7.81. The van der Waals surface area contributed by atoms with Crippen molar-refractivity contribution in [3.63, 3.8) is 0 Å². The largest absolute Gasteiger partial charge is 0.337 e. The van der Waals surface area contributed by atoms with Crippen LogP contribution < -0.4 is 5.32 Å². The van der Waals surface area contributed by atoms with Crippen LogP contribution in [0.5, 0.6) is 0 Å². The lowest BCUT2D eigenvalue weighted by molar-refractivity contribution is 0.520. The average molecular weight is 239 g/mol. The molecule has 1 fully saturated rings. The highest BCUT2D eigenvalue weighted by Gasteiger charge is 2.26. The molecule has 90 valence electrons. The van der Waals surface area contributed by atoms with E-state index in [1.54, 1.807) is 0 Å². The fourth-order valence-corrected chi connectivity index (χ4v) is 3.59. The lowest BCUT2D eigenvalue weighted by Crippen LogP contribution is -2.34. The molecule has 2 unspecified atom stereocenters. The van der Waals surface area contributed by atoms with Crippen molar-refractivity contribution in [1.82, 2.24) is 14.9 Å². The Kier molecular flexibility index (Phi) is 4.29. The Hall–Kier alpha value is -0.480. The van der Waals surface area contributed by atoms with Gasteiger partial charge in [0.2, 0.25) is 0 Å². The van der Waals surface area contributed by atoms with Gasteiger partial charge in [-0.25, -0.2) is 4.98 Å². The molecule has 1 N–H and O–H groups in total. The molecule has 4 heteroatoms. The number of aromatic nitrogens is 2. The van der Waals surface area contributed by atoms with Crippen molar-refractivity contribution >= 4 is 11.8 Å². The van der Waals surface area contributed by atoms with E-state index in [1.807, 2.05) is 12.5 Å². The topological polar surface area (TPSA) is 29.9 Å². The Bertz CT molecular complexity index is 324. The minimum absolute atomic E-state index is 0.694.